The molecular weight excluding hydrogens is 305 g/mol. The highest BCUT2D eigenvalue weighted by Crippen LogP contribution is 2.23. The van der Waals surface area contributed by atoms with Gasteiger partial charge >= 0.3 is 0 Å². The van der Waals surface area contributed by atoms with E-state index in [9.17, 15) is 0 Å². The first-order valence-corrected chi connectivity index (χ1v) is 7.67. The lowest BCUT2D eigenvalue weighted by Crippen LogP contribution is -2.23. The molecule has 21 heavy (non-hydrogen) atoms. The number of rotatable bonds is 6. The Morgan fingerprint density at radius 1 is 1.10 bits per heavy atom. The van der Waals surface area contributed by atoms with Crippen molar-refractivity contribution in [2.24, 2.45) is 0 Å². The normalized spacial score (nSPS) is 12.2. The molecule has 0 aliphatic carbocycles. The summed E-state index contributed by atoms with van der Waals surface area (Å²) in [6.45, 7) is 2.59. The molecule has 0 fully saturated rings. The summed E-state index contributed by atoms with van der Waals surface area (Å²) in [6.07, 6.45) is 1.000. The Labute approximate surface area is 136 Å². The summed E-state index contributed by atoms with van der Waals surface area (Å²) in [5.74, 6) is 0.835. The van der Waals surface area contributed by atoms with Crippen molar-refractivity contribution in [1.29, 1.82) is 0 Å². The van der Waals surface area contributed by atoms with E-state index in [0.717, 1.165) is 17.7 Å². The first kappa shape index (κ1) is 16.2. The fraction of sp³-hybridized carbons (Fsp3) is 0.294. The van der Waals surface area contributed by atoms with Gasteiger partial charge in [-0.25, -0.2) is 0 Å². The lowest BCUT2D eigenvalue weighted by molar-refractivity contribution is 0.306. The Balaban J connectivity index is 1.94. The molecule has 0 spiro atoms. The van der Waals surface area contributed by atoms with Gasteiger partial charge in [-0.2, -0.15) is 0 Å². The Bertz CT molecular complexity index is 584. The Kier molecular flexibility index (Phi) is 5.92. The van der Waals surface area contributed by atoms with E-state index in [2.05, 4.69) is 24.4 Å². The number of benzene rings is 2. The van der Waals surface area contributed by atoms with Crippen LogP contribution in [0, 0.1) is 0 Å². The Morgan fingerprint density at radius 2 is 1.81 bits per heavy atom. The van der Waals surface area contributed by atoms with Crippen molar-refractivity contribution >= 4 is 23.2 Å². The minimum atomic E-state index is 0.433. The van der Waals surface area contributed by atoms with Crippen molar-refractivity contribution in [3.05, 3.63) is 63.6 Å². The van der Waals surface area contributed by atoms with E-state index < -0.39 is 0 Å². The maximum Gasteiger partial charge on any atom is 0.119 e. The summed E-state index contributed by atoms with van der Waals surface area (Å²) >= 11 is 12.0. The van der Waals surface area contributed by atoms with Crippen LogP contribution in [0.4, 0.5) is 0 Å². The molecule has 112 valence electrons. The standard InChI is InChI=1S/C17H19Cl2NO/c1-12(20-2)9-13-3-7-16(8-4-13)21-11-14-5-6-15(18)10-17(14)19/h3-8,10,12,20H,9,11H2,1-2H3. The molecule has 1 unspecified atom stereocenters. The van der Waals surface area contributed by atoms with Crippen LogP contribution < -0.4 is 10.1 Å². The van der Waals surface area contributed by atoms with Crippen LogP contribution in [-0.4, -0.2) is 13.1 Å². The van der Waals surface area contributed by atoms with Crippen LogP contribution in [0.1, 0.15) is 18.1 Å². The molecule has 0 heterocycles. The second-order valence-corrected chi connectivity index (χ2v) is 5.91. The van der Waals surface area contributed by atoms with E-state index in [4.69, 9.17) is 27.9 Å². The molecular formula is C17H19Cl2NO. The summed E-state index contributed by atoms with van der Waals surface area (Å²) in [6, 6.07) is 14.0. The predicted molar refractivity (Wildman–Crippen MR) is 89.5 cm³/mol. The molecule has 0 radical (unpaired) electrons. The van der Waals surface area contributed by atoms with Gasteiger partial charge in [0.1, 0.15) is 12.4 Å². The first-order chi connectivity index (χ1) is 10.1. The molecule has 1 atom stereocenters. The van der Waals surface area contributed by atoms with Gasteiger partial charge in [0.15, 0.2) is 0 Å². The van der Waals surface area contributed by atoms with Crippen LogP contribution in [0.2, 0.25) is 10.0 Å². The summed E-state index contributed by atoms with van der Waals surface area (Å²) in [5.41, 5.74) is 2.21. The van der Waals surface area contributed by atoms with Crippen LogP contribution >= 0.6 is 23.2 Å². The highest BCUT2D eigenvalue weighted by molar-refractivity contribution is 6.35. The van der Waals surface area contributed by atoms with Gasteiger partial charge in [-0.05, 0) is 50.2 Å². The van der Waals surface area contributed by atoms with Gasteiger partial charge in [0.25, 0.3) is 0 Å². The number of ether oxygens (including phenoxy) is 1. The predicted octanol–water partition coefficient (Wildman–Crippen LogP) is 4.72. The maximum atomic E-state index is 6.12. The lowest BCUT2D eigenvalue weighted by Gasteiger charge is -2.11. The van der Waals surface area contributed by atoms with Crippen LogP contribution in [0.5, 0.6) is 5.75 Å². The Hall–Kier alpha value is -1.22. The van der Waals surface area contributed by atoms with Crippen molar-refractivity contribution in [2.75, 3.05) is 7.05 Å². The molecule has 4 heteroatoms. The molecule has 2 aromatic carbocycles. The van der Waals surface area contributed by atoms with Crippen molar-refractivity contribution < 1.29 is 4.74 Å². The molecule has 0 saturated carbocycles. The van der Waals surface area contributed by atoms with Gasteiger partial charge in [-0.3, -0.25) is 0 Å². The zero-order valence-corrected chi connectivity index (χ0v) is 13.7. The van der Waals surface area contributed by atoms with Gasteiger partial charge in [0.05, 0.1) is 0 Å². The van der Waals surface area contributed by atoms with Crippen molar-refractivity contribution in [1.82, 2.24) is 5.32 Å². The number of halogens is 2. The molecule has 1 N–H and O–H groups in total. The topological polar surface area (TPSA) is 21.3 Å². The summed E-state index contributed by atoms with van der Waals surface area (Å²) < 4.78 is 5.76. The van der Waals surface area contributed by atoms with Gasteiger partial charge in [0, 0.05) is 21.7 Å². The number of hydrogen-bond acceptors (Lipinski definition) is 2. The molecule has 0 aliphatic rings. The minimum absolute atomic E-state index is 0.433. The maximum absolute atomic E-state index is 6.12. The number of nitrogens with one attached hydrogen (secondary N) is 1. The molecule has 0 aromatic heterocycles. The highest BCUT2D eigenvalue weighted by atomic mass is 35.5. The van der Waals surface area contributed by atoms with Crippen LogP contribution in [0.25, 0.3) is 0 Å². The van der Waals surface area contributed by atoms with E-state index >= 15 is 0 Å². The largest absolute Gasteiger partial charge is 0.489 e. The fourth-order valence-corrected chi connectivity index (χ4v) is 2.44. The van der Waals surface area contributed by atoms with Gasteiger partial charge < -0.3 is 10.1 Å². The second kappa shape index (κ2) is 7.69. The fourth-order valence-electron chi connectivity index (χ4n) is 1.98. The van der Waals surface area contributed by atoms with Crippen molar-refractivity contribution in [2.45, 2.75) is 26.0 Å². The third-order valence-corrected chi connectivity index (χ3v) is 3.95. The third kappa shape index (κ3) is 4.92. The van der Waals surface area contributed by atoms with E-state index in [1.165, 1.54) is 5.56 Å². The molecule has 0 aliphatic heterocycles. The van der Waals surface area contributed by atoms with Crippen molar-refractivity contribution in [3.8, 4) is 5.75 Å². The van der Waals surface area contributed by atoms with Crippen LogP contribution in [0.15, 0.2) is 42.5 Å². The molecule has 0 bridgehead atoms. The zero-order chi connectivity index (χ0) is 15.2. The average Bonchev–Trinajstić information content (AvgIpc) is 2.48. The molecule has 0 amide bonds. The van der Waals surface area contributed by atoms with E-state index in [0.29, 0.717) is 22.7 Å². The van der Waals surface area contributed by atoms with Crippen molar-refractivity contribution in [3.63, 3.8) is 0 Å². The molecule has 2 nitrogen and oxygen atoms in total. The number of hydrogen-bond donors (Lipinski definition) is 1. The van der Waals surface area contributed by atoms with Gasteiger partial charge in [0.2, 0.25) is 0 Å². The van der Waals surface area contributed by atoms with Crippen LogP contribution in [0.3, 0.4) is 0 Å². The SMILES string of the molecule is CNC(C)Cc1ccc(OCc2ccc(Cl)cc2Cl)cc1. The molecule has 2 aromatic rings. The molecule has 2 rings (SSSR count). The number of likely N-dealkylation sites (N-methyl/N-ethyl adjacent to an activating group) is 1. The summed E-state index contributed by atoms with van der Waals surface area (Å²) in [7, 11) is 1.97. The summed E-state index contributed by atoms with van der Waals surface area (Å²) in [5, 5.41) is 4.49. The average molecular weight is 324 g/mol. The zero-order valence-electron chi connectivity index (χ0n) is 12.2. The smallest absolute Gasteiger partial charge is 0.119 e. The minimum Gasteiger partial charge on any atom is -0.489 e. The summed E-state index contributed by atoms with van der Waals surface area (Å²) in [4.78, 5) is 0. The first-order valence-electron chi connectivity index (χ1n) is 6.91. The van der Waals surface area contributed by atoms with Gasteiger partial charge in [-0.1, -0.05) is 41.4 Å². The monoisotopic (exact) mass is 323 g/mol. The Morgan fingerprint density at radius 3 is 2.43 bits per heavy atom. The van der Waals surface area contributed by atoms with Crippen LogP contribution in [-0.2, 0) is 13.0 Å². The van der Waals surface area contributed by atoms with E-state index in [1.807, 2.05) is 31.3 Å². The molecule has 0 saturated heterocycles. The van der Waals surface area contributed by atoms with E-state index in [1.54, 1.807) is 6.07 Å². The second-order valence-electron chi connectivity index (χ2n) is 5.06. The quantitative estimate of drug-likeness (QED) is 0.830. The lowest BCUT2D eigenvalue weighted by atomic mass is 10.1. The van der Waals surface area contributed by atoms with Gasteiger partial charge in [-0.15, -0.1) is 0 Å². The highest BCUT2D eigenvalue weighted by Gasteiger charge is 2.04. The third-order valence-electron chi connectivity index (χ3n) is 3.37. The van der Waals surface area contributed by atoms with E-state index in [-0.39, 0.29) is 0 Å².